The third kappa shape index (κ3) is 2.24. The van der Waals surface area contributed by atoms with Crippen molar-refractivity contribution in [1.29, 1.82) is 0 Å². The summed E-state index contributed by atoms with van der Waals surface area (Å²) in [4.78, 5) is 0. The van der Waals surface area contributed by atoms with Crippen molar-refractivity contribution in [3.63, 3.8) is 0 Å². The molecule has 88 valence electrons. The summed E-state index contributed by atoms with van der Waals surface area (Å²) in [7, 11) is 0. The molecule has 0 radical (unpaired) electrons. The summed E-state index contributed by atoms with van der Waals surface area (Å²) in [6.45, 7) is 4.54. The normalized spacial score (nSPS) is 29.6. The minimum Gasteiger partial charge on any atom is -0.387 e. The van der Waals surface area contributed by atoms with Gasteiger partial charge in [-0.15, -0.1) is 0 Å². The van der Waals surface area contributed by atoms with Crippen molar-refractivity contribution in [2.45, 2.75) is 38.4 Å². The second-order valence-corrected chi connectivity index (χ2v) is 5.05. The van der Waals surface area contributed by atoms with Gasteiger partial charge < -0.3 is 9.84 Å². The van der Waals surface area contributed by atoms with E-state index in [-0.39, 0.29) is 6.10 Å². The van der Waals surface area contributed by atoms with Gasteiger partial charge in [-0.1, -0.05) is 23.7 Å². The Morgan fingerprint density at radius 3 is 2.88 bits per heavy atom. The maximum absolute atomic E-state index is 10.4. The highest BCUT2D eigenvalue weighted by Gasteiger charge is 2.39. The van der Waals surface area contributed by atoms with E-state index in [1.807, 2.05) is 32.0 Å². The van der Waals surface area contributed by atoms with Gasteiger partial charge in [-0.25, -0.2) is 0 Å². The van der Waals surface area contributed by atoms with Crippen LogP contribution in [0.25, 0.3) is 0 Å². The van der Waals surface area contributed by atoms with Gasteiger partial charge in [-0.3, -0.25) is 0 Å². The predicted octanol–water partition coefficient (Wildman–Crippen LogP) is 2.73. The van der Waals surface area contributed by atoms with E-state index in [0.29, 0.717) is 19.4 Å². The van der Waals surface area contributed by atoms with Crippen LogP contribution in [0.2, 0.25) is 5.02 Å². The van der Waals surface area contributed by atoms with Crippen LogP contribution in [0.3, 0.4) is 0 Å². The molecule has 1 aliphatic rings. The van der Waals surface area contributed by atoms with Crippen molar-refractivity contribution in [3.8, 4) is 0 Å². The molecule has 16 heavy (non-hydrogen) atoms. The zero-order chi connectivity index (χ0) is 11.8. The fourth-order valence-corrected chi connectivity index (χ4v) is 2.43. The standard InChI is InChI=1S/C13H17ClO2/c1-9-3-4-11(12(14)7-9)8-13(15)5-6-16-10(13)2/h3-4,7,10,15H,5-6,8H2,1-2H3. The Hall–Kier alpha value is -0.570. The first-order valence-corrected chi connectivity index (χ1v) is 5.98. The van der Waals surface area contributed by atoms with Crippen LogP contribution in [0.1, 0.15) is 24.5 Å². The number of aryl methyl sites for hydroxylation is 1. The molecule has 1 aliphatic heterocycles. The highest BCUT2D eigenvalue weighted by Crippen LogP contribution is 2.31. The molecule has 0 aromatic heterocycles. The van der Waals surface area contributed by atoms with Crippen molar-refractivity contribution in [3.05, 3.63) is 34.3 Å². The van der Waals surface area contributed by atoms with Crippen molar-refractivity contribution in [2.24, 2.45) is 0 Å². The Bertz CT molecular complexity index is 392. The van der Waals surface area contributed by atoms with Gasteiger partial charge in [0, 0.05) is 24.5 Å². The minimum absolute atomic E-state index is 0.120. The molecule has 0 amide bonds. The van der Waals surface area contributed by atoms with Crippen LogP contribution in [0.5, 0.6) is 0 Å². The SMILES string of the molecule is Cc1ccc(CC2(O)CCOC2C)c(Cl)c1. The van der Waals surface area contributed by atoms with E-state index in [4.69, 9.17) is 16.3 Å². The molecule has 3 heteroatoms. The van der Waals surface area contributed by atoms with Crippen LogP contribution < -0.4 is 0 Å². The molecule has 2 unspecified atom stereocenters. The van der Waals surface area contributed by atoms with E-state index < -0.39 is 5.60 Å². The summed E-state index contributed by atoms with van der Waals surface area (Å²) in [6.07, 6.45) is 1.12. The zero-order valence-electron chi connectivity index (χ0n) is 9.66. The summed E-state index contributed by atoms with van der Waals surface area (Å²) < 4.78 is 5.41. The average molecular weight is 241 g/mol. The molecule has 1 aromatic carbocycles. The second-order valence-electron chi connectivity index (χ2n) is 4.64. The number of hydrogen-bond donors (Lipinski definition) is 1. The number of hydrogen-bond acceptors (Lipinski definition) is 2. The van der Waals surface area contributed by atoms with Crippen molar-refractivity contribution in [2.75, 3.05) is 6.61 Å². The Balaban J connectivity index is 2.20. The van der Waals surface area contributed by atoms with Gasteiger partial charge in [0.25, 0.3) is 0 Å². The Kier molecular flexibility index (Phi) is 3.24. The lowest BCUT2D eigenvalue weighted by atomic mass is 9.88. The zero-order valence-corrected chi connectivity index (χ0v) is 10.4. The first-order valence-electron chi connectivity index (χ1n) is 5.60. The third-order valence-electron chi connectivity index (χ3n) is 3.36. The second kappa shape index (κ2) is 4.36. The van der Waals surface area contributed by atoms with Crippen LogP contribution >= 0.6 is 11.6 Å². The number of aliphatic hydroxyl groups is 1. The molecule has 1 saturated heterocycles. The maximum atomic E-state index is 10.4. The first kappa shape index (κ1) is 11.9. The Morgan fingerprint density at radius 1 is 1.56 bits per heavy atom. The molecular formula is C13H17ClO2. The van der Waals surface area contributed by atoms with Crippen LogP contribution in [0.15, 0.2) is 18.2 Å². The van der Waals surface area contributed by atoms with E-state index in [9.17, 15) is 5.11 Å². The summed E-state index contributed by atoms with van der Waals surface area (Å²) in [5.74, 6) is 0. The van der Waals surface area contributed by atoms with Crippen LogP contribution in [-0.4, -0.2) is 23.4 Å². The molecule has 1 heterocycles. The molecule has 0 spiro atoms. The maximum Gasteiger partial charge on any atom is 0.0967 e. The van der Waals surface area contributed by atoms with Gasteiger partial charge in [0.1, 0.15) is 0 Å². The molecule has 2 atom stereocenters. The Labute approximate surface area is 101 Å². The van der Waals surface area contributed by atoms with E-state index in [0.717, 1.165) is 16.1 Å². The van der Waals surface area contributed by atoms with Gasteiger partial charge in [0.05, 0.1) is 11.7 Å². The monoisotopic (exact) mass is 240 g/mol. The highest BCUT2D eigenvalue weighted by atomic mass is 35.5. The molecule has 0 aliphatic carbocycles. The van der Waals surface area contributed by atoms with Crippen molar-refractivity contribution < 1.29 is 9.84 Å². The van der Waals surface area contributed by atoms with Crippen LogP contribution in [-0.2, 0) is 11.2 Å². The summed E-state index contributed by atoms with van der Waals surface area (Å²) >= 11 is 6.17. The molecule has 2 rings (SSSR count). The van der Waals surface area contributed by atoms with E-state index in [2.05, 4.69) is 0 Å². The summed E-state index contributed by atoms with van der Waals surface area (Å²) in [5, 5.41) is 11.2. The smallest absolute Gasteiger partial charge is 0.0967 e. The molecule has 1 fully saturated rings. The Morgan fingerprint density at radius 2 is 2.31 bits per heavy atom. The molecule has 1 N–H and O–H groups in total. The number of ether oxygens (including phenoxy) is 1. The third-order valence-corrected chi connectivity index (χ3v) is 3.72. The quantitative estimate of drug-likeness (QED) is 0.862. The van der Waals surface area contributed by atoms with Gasteiger partial charge >= 0.3 is 0 Å². The van der Waals surface area contributed by atoms with Gasteiger partial charge in [0.2, 0.25) is 0 Å². The van der Waals surface area contributed by atoms with Gasteiger partial charge in [-0.2, -0.15) is 0 Å². The fourth-order valence-electron chi connectivity index (χ4n) is 2.13. The lowest BCUT2D eigenvalue weighted by Gasteiger charge is -2.26. The first-order chi connectivity index (χ1) is 7.51. The average Bonchev–Trinajstić information content (AvgIpc) is 2.52. The minimum atomic E-state index is -0.765. The number of benzene rings is 1. The summed E-state index contributed by atoms with van der Waals surface area (Å²) in [6, 6.07) is 5.94. The van der Waals surface area contributed by atoms with Crippen LogP contribution in [0, 0.1) is 6.92 Å². The molecule has 0 saturated carbocycles. The molecule has 0 bridgehead atoms. The van der Waals surface area contributed by atoms with E-state index in [1.165, 1.54) is 0 Å². The van der Waals surface area contributed by atoms with Gasteiger partial charge in [-0.05, 0) is 31.0 Å². The van der Waals surface area contributed by atoms with Crippen LogP contribution in [0.4, 0.5) is 0 Å². The van der Waals surface area contributed by atoms with Crippen molar-refractivity contribution >= 4 is 11.6 Å². The summed E-state index contributed by atoms with van der Waals surface area (Å²) in [5.41, 5.74) is 1.36. The fraction of sp³-hybridized carbons (Fsp3) is 0.538. The van der Waals surface area contributed by atoms with Crippen molar-refractivity contribution in [1.82, 2.24) is 0 Å². The topological polar surface area (TPSA) is 29.5 Å². The number of halogens is 1. The number of rotatable bonds is 2. The lowest BCUT2D eigenvalue weighted by molar-refractivity contribution is -0.0268. The van der Waals surface area contributed by atoms with Gasteiger partial charge in [0.15, 0.2) is 0 Å². The predicted molar refractivity (Wildman–Crippen MR) is 64.9 cm³/mol. The molecule has 2 nitrogen and oxygen atoms in total. The molecular weight excluding hydrogens is 224 g/mol. The van der Waals surface area contributed by atoms with E-state index in [1.54, 1.807) is 0 Å². The largest absolute Gasteiger partial charge is 0.387 e. The highest BCUT2D eigenvalue weighted by molar-refractivity contribution is 6.31. The molecule has 1 aromatic rings. The lowest BCUT2D eigenvalue weighted by Crippen LogP contribution is -2.38. The van der Waals surface area contributed by atoms with E-state index >= 15 is 0 Å².